The number of aryl methyl sites for hydroxylation is 1. The zero-order chi connectivity index (χ0) is 44.5. The number of esters is 2. The number of halogens is 2. The summed E-state index contributed by atoms with van der Waals surface area (Å²) in [6, 6.07) is 4.10. The van der Waals surface area contributed by atoms with E-state index in [0.717, 1.165) is 6.42 Å². The van der Waals surface area contributed by atoms with Gasteiger partial charge < -0.3 is 18.6 Å². The number of carbonyl (C=O) groups is 5. The van der Waals surface area contributed by atoms with Gasteiger partial charge in [0.05, 0.1) is 48.8 Å². The molecular weight excluding hydrogens is 807 g/mol. The van der Waals surface area contributed by atoms with Crippen LogP contribution in [-0.4, -0.2) is 87.9 Å². The molecule has 1 aliphatic heterocycles. The number of ether oxygens (including phenoxy) is 3. The van der Waals surface area contributed by atoms with E-state index in [-0.39, 0.29) is 62.1 Å². The number of alkyl halides is 1. The molecule has 2 atom stereocenters. The highest BCUT2D eigenvalue weighted by Gasteiger charge is 2.52. The third-order valence-electron chi connectivity index (χ3n) is 9.44. The van der Waals surface area contributed by atoms with Crippen LogP contribution < -0.4 is 0 Å². The van der Waals surface area contributed by atoms with Crippen LogP contribution >= 0.6 is 23.2 Å². The summed E-state index contributed by atoms with van der Waals surface area (Å²) in [4.78, 5) is 68.6. The number of nitriles is 2. The van der Waals surface area contributed by atoms with Gasteiger partial charge in [0.15, 0.2) is 8.32 Å². The summed E-state index contributed by atoms with van der Waals surface area (Å²) in [5.74, 6) is -0.810. The van der Waals surface area contributed by atoms with Gasteiger partial charge in [-0.15, -0.1) is 11.6 Å². The summed E-state index contributed by atoms with van der Waals surface area (Å²) in [5.41, 5.74) is -0.832. The number of carbonyl (C=O) groups excluding carboxylic acids is 5. The summed E-state index contributed by atoms with van der Waals surface area (Å²) in [6.45, 7) is 22.5. The van der Waals surface area contributed by atoms with E-state index in [1.54, 1.807) is 40.8 Å². The first-order valence-electron chi connectivity index (χ1n) is 19.4. The Labute approximate surface area is 353 Å². The summed E-state index contributed by atoms with van der Waals surface area (Å²) >= 11 is 9.55. The predicted molar refractivity (Wildman–Crippen MR) is 221 cm³/mol. The van der Waals surface area contributed by atoms with E-state index >= 15 is 0 Å². The van der Waals surface area contributed by atoms with E-state index in [0.29, 0.717) is 42.5 Å². The Morgan fingerprint density at radius 1 is 0.948 bits per heavy atom. The predicted octanol–water partition coefficient (Wildman–Crippen LogP) is 8.16. The van der Waals surface area contributed by atoms with E-state index in [4.69, 9.17) is 52.4 Å². The SMILES string of the molecule is CCCc1ncc2n1C(=O)CC2(CCC#N)C(=O)OCC.CCOC(=O)C(CCC#N)c1cnc(CCO[Si](C)(C)C(C)(C)C)n1C(=O)OC(C)(C)C.O=C(Cl)CCl. The molecule has 3 heterocycles. The van der Waals surface area contributed by atoms with Crippen molar-refractivity contribution < 1.29 is 42.6 Å². The number of hydrogen-bond donors (Lipinski definition) is 0. The largest absolute Gasteiger partial charge is 0.465 e. The van der Waals surface area contributed by atoms with Crippen molar-refractivity contribution in [1.29, 1.82) is 10.5 Å². The third kappa shape index (κ3) is 14.6. The Balaban J connectivity index is 0.000000551. The fourth-order valence-corrected chi connectivity index (χ4v) is 6.71. The highest BCUT2D eigenvalue weighted by Crippen LogP contribution is 2.41. The Morgan fingerprint density at radius 2 is 1.53 bits per heavy atom. The molecule has 322 valence electrons. The molecule has 58 heavy (non-hydrogen) atoms. The van der Waals surface area contributed by atoms with Gasteiger partial charge in [-0.1, -0.05) is 27.7 Å². The van der Waals surface area contributed by atoms with Crippen molar-refractivity contribution in [3.05, 3.63) is 35.4 Å². The summed E-state index contributed by atoms with van der Waals surface area (Å²) in [5, 5.41) is 17.4. The van der Waals surface area contributed by atoms with Crippen LogP contribution in [0.5, 0.6) is 0 Å². The maximum Gasteiger partial charge on any atom is 0.420 e. The molecule has 0 aliphatic carbocycles. The average molecular weight is 868 g/mol. The fraction of sp³-hybridized carbons (Fsp3) is 0.675. The quantitative estimate of drug-likeness (QED) is 0.0514. The van der Waals surface area contributed by atoms with Crippen LogP contribution in [0.15, 0.2) is 12.4 Å². The zero-order valence-electron chi connectivity index (χ0n) is 35.8. The number of hydrogen-bond acceptors (Lipinski definition) is 13. The van der Waals surface area contributed by atoms with E-state index in [1.807, 2.05) is 13.0 Å². The number of rotatable bonds is 16. The lowest BCUT2D eigenvalue weighted by Gasteiger charge is -2.36. The molecule has 0 fully saturated rings. The van der Waals surface area contributed by atoms with Crippen molar-refractivity contribution in [1.82, 2.24) is 19.1 Å². The summed E-state index contributed by atoms with van der Waals surface area (Å²) in [6.07, 6.45) is 5.33. The molecule has 0 saturated carbocycles. The highest BCUT2D eigenvalue weighted by atomic mass is 35.5. The van der Waals surface area contributed by atoms with Crippen LogP contribution in [0.2, 0.25) is 18.1 Å². The second-order valence-corrected chi connectivity index (χ2v) is 21.4. The van der Waals surface area contributed by atoms with Crippen LogP contribution in [-0.2, 0) is 51.3 Å². The molecule has 18 heteroatoms. The molecule has 2 aromatic rings. The molecule has 3 rings (SSSR count). The van der Waals surface area contributed by atoms with E-state index in [2.05, 4.69) is 49.9 Å². The fourth-order valence-electron chi connectivity index (χ4n) is 5.67. The normalized spacial score (nSPS) is 15.3. The second-order valence-electron chi connectivity index (χ2n) is 15.9. The van der Waals surface area contributed by atoms with E-state index in [9.17, 15) is 24.0 Å². The van der Waals surface area contributed by atoms with Gasteiger partial charge in [-0.2, -0.15) is 10.5 Å². The Bertz CT molecular complexity index is 1800. The molecule has 0 amide bonds. The number of nitrogens with zero attached hydrogens (tertiary/aromatic N) is 6. The smallest absolute Gasteiger partial charge is 0.420 e. The highest BCUT2D eigenvalue weighted by molar-refractivity contribution is 6.74. The molecule has 0 spiro atoms. The average Bonchev–Trinajstić information content (AvgIpc) is 3.82. The molecule has 15 nitrogen and oxygen atoms in total. The van der Waals surface area contributed by atoms with Crippen molar-refractivity contribution in [3.63, 3.8) is 0 Å². The molecule has 0 radical (unpaired) electrons. The third-order valence-corrected chi connectivity index (χ3v) is 14.5. The van der Waals surface area contributed by atoms with E-state index in [1.165, 1.54) is 15.3 Å². The molecule has 0 saturated heterocycles. The van der Waals surface area contributed by atoms with Gasteiger partial charge in [0.25, 0.3) is 0 Å². The Hall–Kier alpha value is -4.09. The zero-order valence-corrected chi connectivity index (χ0v) is 38.3. The topological polar surface area (TPSA) is 205 Å². The van der Waals surface area contributed by atoms with Gasteiger partial charge in [0.1, 0.15) is 28.6 Å². The van der Waals surface area contributed by atoms with Gasteiger partial charge in [0, 0.05) is 44.9 Å². The summed E-state index contributed by atoms with van der Waals surface area (Å²) in [7, 11) is -1.97. The van der Waals surface area contributed by atoms with Crippen LogP contribution in [0.3, 0.4) is 0 Å². The van der Waals surface area contributed by atoms with Gasteiger partial charge in [0.2, 0.25) is 11.1 Å². The minimum Gasteiger partial charge on any atom is -0.465 e. The molecule has 0 aromatic carbocycles. The monoisotopic (exact) mass is 866 g/mol. The lowest BCUT2D eigenvalue weighted by molar-refractivity contribution is -0.150. The van der Waals surface area contributed by atoms with Gasteiger partial charge in [-0.25, -0.2) is 19.3 Å². The lowest BCUT2D eigenvalue weighted by Crippen LogP contribution is -2.41. The van der Waals surface area contributed by atoms with Crippen molar-refractivity contribution in [2.24, 2.45) is 0 Å². The first-order valence-corrected chi connectivity index (χ1v) is 23.2. The van der Waals surface area contributed by atoms with Crippen molar-refractivity contribution >= 4 is 60.7 Å². The molecule has 2 unspecified atom stereocenters. The molecule has 1 aliphatic rings. The first kappa shape index (κ1) is 51.9. The van der Waals surface area contributed by atoms with Crippen LogP contribution in [0.25, 0.3) is 0 Å². The van der Waals surface area contributed by atoms with Gasteiger partial charge in [-0.05, 0) is 83.6 Å². The van der Waals surface area contributed by atoms with Crippen molar-refractivity contribution in [3.8, 4) is 12.1 Å². The Kier molecular flexibility index (Phi) is 21.0. The standard InChI is InChI=1S/C23H39N3O5Si.C15H19N3O3.C2H2Cl2O/c1-10-29-20(27)17(12-11-14-24)18-16-25-19(26(18)21(28)31-22(2,3)4)13-15-30-32(8,9)23(5,6)7;1-3-6-12-17-10-11-15(7-5-8-16,14(20)21-4-2)9-13(19)18(11)12;3-1-2(4)5/h16-17H,10-13,15H2,1-9H3;10H,3-7,9H2,1-2H3;1H2. The first-order chi connectivity index (χ1) is 27.0. The number of fused-ring (bicyclic) bond motifs is 1. The Morgan fingerprint density at radius 3 is 2.03 bits per heavy atom. The van der Waals surface area contributed by atoms with Crippen molar-refractivity contribution in [2.75, 3.05) is 25.7 Å². The molecule has 0 bridgehead atoms. The van der Waals surface area contributed by atoms with Crippen molar-refractivity contribution in [2.45, 2.75) is 149 Å². The molecular formula is C40H60Cl2N6O9Si. The lowest BCUT2D eigenvalue weighted by atomic mass is 9.79. The van der Waals surface area contributed by atoms with Crippen LogP contribution in [0.1, 0.15) is 135 Å². The molecule has 0 N–H and O–H groups in total. The number of imidazole rings is 2. The summed E-state index contributed by atoms with van der Waals surface area (Å²) < 4.78 is 25.1. The number of aromatic nitrogens is 4. The second kappa shape index (κ2) is 23.5. The van der Waals surface area contributed by atoms with Crippen LogP contribution in [0, 0.1) is 22.7 Å². The maximum absolute atomic E-state index is 13.1. The molecule has 2 aromatic heterocycles. The van der Waals surface area contributed by atoms with Crippen LogP contribution in [0.4, 0.5) is 4.79 Å². The minimum atomic E-state index is -1.97. The van der Waals surface area contributed by atoms with Gasteiger partial charge in [-0.3, -0.25) is 23.7 Å². The maximum atomic E-state index is 13.1. The van der Waals surface area contributed by atoms with Gasteiger partial charge >= 0.3 is 18.0 Å². The minimum absolute atomic E-state index is 0.0576. The van der Waals surface area contributed by atoms with E-state index < -0.39 is 48.5 Å².